The van der Waals surface area contributed by atoms with Crippen LogP contribution in [0.1, 0.15) is 29.9 Å². The molecule has 0 bridgehead atoms. The third kappa shape index (κ3) is 5.63. The molecule has 0 unspecified atom stereocenters. The molecule has 33 heavy (non-hydrogen) atoms. The lowest BCUT2D eigenvalue weighted by Gasteiger charge is -2.29. The van der Waals surface area contributed by atoms with E-state index in [0.717, 1.165) is 17.7 Å². The predicted molar refractivity (Wildman–Crippen MR) is 114 cm³/mol. The number of benzene rings is 3. The summed E-state index contributed by atoms with van der Waals surface area (Å²) in [5.74, 6) is -1.74. The number of hydrogen-bond acceptors (Lipinski definition) is 4. The Labute approximate surface area is 189 Å². The Morgan fingerprint density at radius 3 is 2.45 bits per heavy atom. The van der Waals surface area contributed by atoms with Crippen LogP contribution in [0.15, 0.2) is 48.5 Å². The molecule has 1 saturated heterocycles. The highest BCUT2D eigenvalue weighted by Gasteiger charge is 2.24. The van der Waals surface area contributed by atoms with Gasteiger partial charge in [0.1, 0.15) is 11.9 Å². The lowest BCUT2D eigenvalue weighted by molar-refractivity contribution is -0.229. The zero-order chi connectivity index (χ0) is 23.4. The van der Waals surface area contributed by atoms with Gasteiger partial charge in [-0.1, -0.05) is 30.3 Å². The van der Waals surface area contributed by atoms with Gasteiger partial charge in [-0.05, 0) is 54.5 Å². The molecule has 0 atom stereocenters. The Balaban J connectivity index is 1.44. The lowest BCUT2D eigenvalue weighted by Crippen LogP contribution is -2.33. The van der Waals surface area contributed by atoms with Crippen LogP contribution < -0.4 is 4.74 Å². The van der Waals surface area contributed by atoms with Crippen LogP contribution in [0, 0.1) is 11.6 Å². The maximum Gasteiger partial charge on any atom is 0.387 e. The average molecular weight is 464 g/mol. The van der Waals surface area contributed by atoms with Crippen LogP contribution in [0.3, 0.4) is 0 Å². The first-order valence-corrected chi connectivity index (χ1v) is 10.7. The molecule has 1 heterocycles. The summed E-state index contributed by atoms with van der Waals surface area (Å²) >= 11 is 0. The molecular formula is C25H24F4O4. The van der Waals surface area contributed by atoms with Crippen molar-refractivity contribution in [3.8, 4) is 5.75 Å². The molecule has 3 aromatic rings. The molecule has 0 saturated carbocycles. The summed E-state index contributed by atoms with van der Waals surface area (Å²) in [5, 5.41) is 1.18. The minimum absolute atomic E-state index is 0.0896. The SMILES string of the molecule is CCOC1COC(c2ccc3c(F)c(CCc4ccc(OC(F)F)c(F)c4)ccc3c2)OC1. The van der Waals surface area contributed by atoms with Crippen LogP contribution in [0.4, 0.5) is 17.6 Å². The molecule has 176 valence electrons. The number of ether oxygens (including phenoxy) is 4. The van der Waals surface area contributed by atoms with Crippen LogP contribution in [0.25, 0.3) is 10.8 Å². The summed E-state index contributed by atoms with van der Waals surface area (Å²) in [7, 11) is 0. The Kier molecular flexibility index (Phi) is 7.47. The monoisotopic (exact) mass is 464 g/mol. The molecular weight excluding hydrogens is 440 g/mol. The highest BCUT2D eigenvalue weighted by Crippen LogP contribution is 2.30. The molecule has 4 nitrogen and oxygen atoms in total. The van der Waals surface area contributed by atoms with E-state index >= 15 is 4.39 Å². The van der Waals surface area contributed by atoms with Crippen LogP contribution in [0.5, 0.6) is 5.75 Å². The van der Waals surface area contributed by atoms with Crippen molar-refractivity contribution in [2.24, 2.45) is 0 Å². The first-order valence-electron chi connectivity index (χ1n) is 10.7. The molecule has 0 aliphatic carbocycles. The maximum absolute atomic E-state index is 15.1. The second-order valence-corrected chi connectivity index (χ2v) is 7.74. The minimum Gasteiger partial charge on any atom is -0.432 e. The van der Waals surface area contributed by atoms with Gasteiger partial charge in [-0.15, -0.1) is 0 Å². The zero-order valence-electron chi connectivity index (χ0n) is 18.0. The highest BCUT2D eigenvalue weighted by atomic mass is 19.3. The molecule has 8 heteroatoms. The average Bonchev–Trinajstić information content (AvgIpc) is 2.80. The summed E-state index contributed by atoms with van der Waals surface area (Å²) < 4.78 is 74.6. The summed E-state index contributed by atoms with van der Waals surface area (Å²) in [6.45, 7) is 0.269. The quantitative estimate of drug-likeness (QED) is 0.386. The van der Waals surface area contributed by atoms with Crippen molar-refractivity contribution in [2.75, 3.05) is 19.8 Å². The molecule has 4 rings (SSSR count). The van der Waals surface area contributed by atoms with Crippen LogP contribution in [-0.4, -0.2) is 32.5 Å². The van der Waals surface area contributed by atoms with Crippen molar-refractivity contribution in [1.29, 1.82) is 0 Å². The number of hydrogen-bond donors (Lipinski definition) is 0. The molecule has 1 aliphatic rings. The third-order valence-corrected chi connectivity index (χ3v) is 5.49. The topological polar surface area (TPSA) is 36.9 Å². The number of fused-ring (bicyclic) bond motifs is 1. The van der Waals surface area contributed by atoms with Crippen molar-refractivity contribution in [1.82, 2.24) is 0 Å². The van der Waals surface area contributed by atoms with Gasteiger partial charge in [-0.2, -0.15) is 8.78 Å². The molecule has 0 amide bonds. The normalized spacial score (nSPS) is 18.7. The van der Waals surface area contributed by atoms with Crippen molar-refractivity contribution >= 4 is 10.8 Å². The Morgan fingerprint density at radius 1 is 0.970 bits per heavy atom. The fourth-order valence-electron chi connectivity index (χ4n) is 3.88. The number of rotatable bonds is 8. The maximum atomic E-state index is 15.1. The van der Waals surface area contributed by atoms with Gasteiger partial charge >= 0.3 is 6.61 Å². The number of alkyl halides is 2. The third-order valence-electron chi connectivity index (χ3n) is 5.49. The number of aryl methyl sites for hydroxylation is 2. The van der Waals surface area contributed by atoms with Gasteiger partial charge in [0.2, 0.25) is 0 Å². The van der Waals surface area contributed by atoms with Crippen molar-refractivity contribution in [3.05, 3.63) is 76.9 Å². The van der Waals surface area contributed by atoms with E-state index in [2.05, 4.69) is 4.74 Å². The van der Waals surface area contributed by atoms with Gasteiger partial charge in [-0.3, -0.25) is 0 Å². The highest BCUT2D eigenvalue weighted by molar-refractivity contribution is 5.84. The van der Waals surface area contributed by atoms with Crippen molar-refractivity contribution in [3.63, 3.8) is 0 Å². The summed E-state index contributed by atoms with van der Waals surface area (Å²) in [5.41, 5.74) is 1.83. The van der Waals surface area contributed by atoms with Crippen LogP contribution >= 0.6 is 0 Å². The minimum atomic E-state index is -3.10. The standard InChI is InChI=1S/C25H24F4O4/c1-2-30-19-13-31-24(32-14-19)18-8-9-20-17(12-18)7-6-16(23(20)27)5-3-15-4-10-22(21(26)11-15)33-25(28)29/h4,6-12,19,24-25H,2-3,5,13-14H2,1H3. The van der Waals surface area contributed by atoms with Gasteiger partial charge in [0.15, 0.2) is 17.9 Å². The second-order valence-electron chi connectivity index (χ2n) is 7.74. The van der Waals surface area contributed by atoms with Gasteiger partial charge < -0.3 is 18.9 Å². The summed E-state index contributed by atoms with van der Waals surface area (Å²) in [4.78, 5) is 0. The molecule has 1 fully saturated rings. The Hall–Kier alpha value is -2.68. The van der Waals surface area contributed by atoms with E-state index in [0.29, 0.717) is 54.6 Å². The fourth-order valence-corrected chi connectivity index (χ4v) is 3.88. The Morgan fingerprint density at radius 2 is 1.76 bits per heavy atom. The van der Waals surface area contributed by atoms with E-state index in [-0.39, 0.29) is 11.9 Å². The predicted octanol–water partition coefficient (Wildman–Crippen LogP) is 5.96. The molecule has 0 N–H and O–H groups in total. The molecule has 3 aromatic carbocycles. The van der Waals surface area contributed by atoms with E-state index < -0.39 is 24.5 Å². The largest absolute Gasteiger partial charge is 0.432 e. The van der Waals surface area contributed by atoms with E-state index in [4.69, 9.17) is 14.2 Å². The fraction of sp³-hybridized carbons (Fsp3) is 0.360. The summed E-state index contributed by atoms with van der Waals surface area (Å²) in [6, 6.07) is 12.6. The molecule has 0 radical (unpaired) electrons. The van der Waals surface area contributed by atoms with Crippen molar-refractivity contribution in [2.45, 2.75) is 38.8 Å². The molecule has 0 aromatic heterocycles. The van der Waals surface area contributed by atoms with Gasteiger partial charge in [0.25, 0.3) is 0 Å². The van der Waals surface area contributed by atoms with E-state index in [1.54, 1.807) is 18.2 Å². The van der Waals surface area contributed by atoms with Gasteiger partial charge in [-0.25, -0.2) is 8.78 Å². The summed E-state index contributed by atoms with van der Waals surface area (Å²) in [6.07, 6.45) is 0.0528. The smallest absolute Gasteiger partial charge is 0.387 e. The first kappa shape index (κ1) is 23.5. The van der Waals surface area contributed by atoms with E-state index in [1.807, 2.05) is 19.1 Å². The van der Waals surface area contributed by atoms with Gasteiger partial charge in [0.05, 0.1) is 13.2 Å². The molecule has 1 aliphatic heterocycles. The van der Waals surface area contributed by atoms with Crippen LogP contribution in [0.2, 0.25) is 0 Å². The van der Waals surface area contributed by atoms with Crippen LogP contribution in [-0.2, 0) is 27.1 Å². The van der Waals surface area contributed by atoms with E-state index in [1.165, 1.54) is 6.07 Å². The first-order chi connectivity index (χ1) is 15.9. The number of halogens is 4. The zero-order valence-corrected chi connectivity index (χ0v) is 18.0. The Bertz CT molecular complexity index is 1100. The second kappa shape index (κ2) is 10.5. The van der Waals surface area contributed by atoms with Crippen molar-refractivity contribution < 1.29 is 36.5 Å². The lowest BCUT2D eigenvalue weighted by atomic mass is 9.99. The van der Waals surface area contributed by atoms with E-state index in [9.17, 15) is 13.2 Å². The van der Waals surface area contributed by atoms with Gasteiger partial charge in [0, 0.05) is 17.6 Å². The molecule has 0 spiro atoms.